The molecule has 0 atom stereocenters. The van der Waals surface area contributed by atoms with E-state index in [4.69, 9.17) is 5.73 Å². The predicted octanol–water partition coefficient (Wildman–Crippen LogP) is 3.55. The number of hydrogen-bond donors (Lipinski definition) is 1. The van der Waals surface area contributed by atoms with Gasteiger partial charge in [-0.1, -0.05) is 58.3 Å². The van der Waals surface area contributed by atoms with Crippen LogP contribution in [-0.4, -0.2) is 5.91 Å². The summed E-state index contributed by atoms with van der Waals surface area (Å²) in [5, 5.41) is 0. The van der Waals surface area contributed by atoms with E-state index in [1.165, 1.54) is 44.9 Å². The van der Waals surface area contributed by atoms with Gasteiger partial charge in [-0.25, -0.2) is 0 Å². The zero-order valence-corrected chi connectivity index (χ0v) is 9.96. The van der Waals surface area contributed by atoms with Crippen LogP contribution in [0.15, 0.2) is 0 Å². The number of rotatable bonds is 10. The fraction of sp³-hybridized carbons (Fsp3) is 0.917. The van der Waals surface area contributed by atoms with Crippen molar-refractivity contribution >= 4 is 5.91 Å². The van der Waals surface area contributed by atoms with Crippen LogP contribution in [0.5, 0.6) is 0 Å². The third-order valence-electron chi connectivity index (χ3n) is 2.53. The summed E-state index contributed by atoms with van der Waals surface area (Å²) in [7, 11) is 0. The van der Waals surface area contributed by atoms with E-state index in [9.17, 15) is 4.79 Å². The van der Waals surface area contributed by atoms with Crippen LogP contribution < -0.4 is 5.73 Å². The van der Waals surface area contributed by atoms with Gasteiger partial charge in [-0.05, 0) is 6.42 Å². The lowest BCUT2D eigenvalue weighted by molar-refractivity contribution is -0.118. The van der Waals surface area contributed by atoms with E-state index in [-0.39, 0.29) is 10.6 Å². The molecule has 0 aliphatic carbocycles. The minimum atomic E-state index is -0.159. The number of primary amides is 1. The number of carbonyl (C=O) groups is 1. The molecule has 0 saturated carbocycles. The van der Waals surface area contributed by atoms with Gasteiger partial charge in [0.25, 0.3) is 0 Å². The van der Waals surface area contributed by atoms with Crippen LogP contribution in [0.4, 0.5) is 4.70 Å². The number of nitrogens with two attached hydrogens (primary N) is 1. The van der Waals surface area contributed by atoms with Gasteiger partial charge in [0.15, 0.2) is 0 Å². The zero-order valence-electron chi connectivity index (χ0n) is 9.96. The van der Waals surface area contributed by atoms with Crippen LogP contribution in [0.1, 0.15) is 71.1 Å². The summed E-state index contributed by atoms with van der Waals surface area (Å²) in [5.74, 6) is -0.159. The lowest BCUT2D eigenvalue weighted by atomic mass is 10.1. The molecule has 0 fully saturated rings. The molecule has 0 aliphatic heterocycles. The van der Waals surface area contributed by atoms with Gasteiger partial charge >= 0.3 is 0 Å². The largest absolute Gasteiger partial charge is 0.370 e. The SMILES string of the molecule is CCCCCCCCCCCC(N)=O.F. The van der Waals surface area contributed by atoms with E-state index in [0.29, 0.717) is 6.42 Å². The Kier molecular flexibility index (Phi) is 15.0. The lowest BCUT2D eigenvalue weighted by Gasteiger charge is -2.00. The maximum atomic E-state index is 10.4. The highest BCUT2D eigenvalue weighted by Crippen LogP contribution is 2.10. The highest BCUT2D eigenvalue weighted by Gasteiger charge is 1.94. The van der Waals surface area contributed by atoms with Crippen molar-refractivity contribution in [3.05, 3.63) is 0 Å². The monoisotopic (exact) mass is 219 g/mol. The maximum absolute atomic E-state index is 10.4. The molecule has 0 aromatic rings. The molecular weight excluding hydrogens is 193 g/mol. The van der Waals surface area contributed by atoms with Crippen molar-refractivity contribution in [3.8, 4) is 0 Å². The van der Waals surface area contributed by atoms with Gasteiger partial charge in [0.05, 0.1) is 0 Å². The first-order chi connectivity index (χ1) is 6.77. The fourth-order valence-corrected chi connectivity index (χ4v) is 1.61. The standard InChI is InChI=1S/C12H25NO.FH/c1-2-3-4-5-6-7-8-9-10-11-12(13)14;/h2-11H2,1H3,(H2,13,14);1H. The molecule has 92 valence electrons. The Balaban J connectivity index is 0. The average Bonchev–Trinajstić information content (AvgIpc) is 2.15. The molecular formula is C12H26FNO. The smallest absolute Gasteiger partial charge is 0.217 e. The third kappa shape index (κ3) is 16.1. The minimum absolute atomic E-state index is 0. The normalized spacial score (nSPS) is 9.67. The molecule has 3 heteroatoms. The Bertz CT molecular complexity index is 140. The molecule has 0 bridgehead atoms. The Morgan fingerprint density at radius 3 is 1.67 bits per heavy atom. The first-order valence-electron chi connectivity index (χ1n) is 6.05. The Morgan fingerprint density at radius 1 is 0.867 bits per heavy atom. The van der Waals surface area contributed by atoms with Crippen molar-refractivity contribution in [2.75, 3.05) is 0 Å². The maximum Gasteiger partial charge on any atom is 0.217 e. The molecule has 0 heterocycles. The zero-order chi connectivity index (χ0) is 10.6. The summed E-state index contributed by atoms with van der Waals surface area (Å²) in [6.45, 7) is 2.24. The van der Waals surface area contributed by atoms with Crippen LogP contribution in [0, 0.1) is 0 Å². The van der Waals surface area contributed by atoms with Crippen molar-refractivity contribution in [2.24, 2.45) is 5.73 Å². The van der Waals surface area contributed by atoms with Crippen LogP contribution in [0.25, 0.3) is 0 Å². The summed E-state index contributed by atoms with van der Waals surface area (Å²) < 4.78 is 0. The van der Waals surface area contributed by atoms with Crippen LogP contribution in [-0.2, 0) is 4.79 Å². The van der Waals surface area contributed by atoms with E-state index in [2.05, 4.69) is 6.92 Å². The van der Waals surface area contributed by atoms with E-state index in [1.807, 2.05) is 0 Å². The Labute approximate surface area is 93.0 Å². The summed E-state index contributed by atoms with van der Waals surface area (Å²) in [6, 6.07) is 0. The van der Waals surface area contributed by atoms with E-state index < -0.39 is 0 Å². The van der Waals surface area contributed by atoms with Crippen LogP contribution >= 0.6 is 0 Å². The first-order valence-corrected chi connectivity index (χ1v) is 6.05. The second-order valence-corrected chi connectivity index (χ2v) is 4.04. The molecule has 2 N–H and O–H groups in total. The van der Waals surface area contributed by atoms with Crippen molar-refractivity contribution in [3.63, 3.8) is 0 Å². The third-order valence-corrected chi connectivity index (χ3v) is 2.53. The van der Waals surface area contributed by atoms with E-state index in [0.717, 1.165) is 12.8 Å². The molecule has 1 amide bonds. The molecule has 0 radical (unpaired) electrons. The Hall–Kier alpha value is -0.600. The van der Waals surface area contributed by atoms with E-state index in [1.54, 1.807) is 0 Å². The molecule has 0 aromatic carbocycles. The second-order valence-electron chi connectivity index (χ2n) is 4.04. The molecule has 0 unspecified atom stereocenters. The molecule has 15 heavy (non-hydrogen) atoms. The van der Waals surface area contributed by atoms with Gasteiger partial charge < -0.3 is 5.73 Å². The minimum Gasteiger partial charge on any atom is -0.370 e. The second kappa shape index (κ2) is 13.4. The van der Waals surface area contributed by atoms with Crippen LogP contribution in [0.3, 0.4) is 0 Å². The lowest BCUT2D eigenvalue weighted by Crippen LogP contribution is -2.09. The van der Waals surface area contributed by atoms with Crippen molar-refractivity contribution in [1.82, 2.24) is 0 Å². The number of amides is 1. The Morgan fingerprint density at radius 2 is 1.27 bits per heavy atom. The summed E-state index contributed by atoms with van der Waals surface area (Å²) in [5.41, 5.74) is 5.05. The van der Waals surface area contributed by atoms with Gasteiger partial charge in [-0.15, -0.1) is 0 Å². The molecule has 2 nitrogen and oxygen atoms in total. The van der Waals surface area contributed by atoms with Crippen molar-refractivity contribution < 1.29 is 9.50 Å². The first kappa shape index (κ1) is 16.8. The number of hydrogen-bond acceptors (Lipinski definition) is 1. The number of unbranched alkanes of at least 4 members (excludes halogenated alkanes) is 8. The number of halogens is 1. The van der Waals surface area contributed by atoms with Crippen molar-refractivity contribution in [1.29, 1.82) is 0 Å². The van der Waals surface area contributed by atoms with Gasteiger partial charge in [0.1, 0.15) is 0 Å². The molecule has 0 aromatic heterocycles. The van der Waals surface area contributed by atoms with Crippen molar-refractivity contribution in [2.45, 2.75) is 71.1 Å². The van der Waals surface area contributed by atoms with Gasteiger partial charge in [0.2, 0.25) is 5.91 Å². The molecule has 0 saturated heterocycles. The number of carbonyl (C=O) groups excluding carboxylic acids is 1. The molecule has 0 spiro atoms. The van der Waals surface area contributed by atoms with Gasteiger partial charge in [0, 0.05) is 6.42 Å². The summed E-state index contributed by atoms with van der Waals surface area (Å²) in [4.78, 5) is 10.4. The predicted molar refractivity (Wildman–Crippen MR) is 63.5 cm³/mol. The molecule has 0 aliphatic rings. The molecule has 0 rings (SSSR count). The average molecular weight is 219 g/mol. The van der Waals surface area contributed by atoms with Crippen LogP contribution in [0.2, 0.25) is 0 Å². The van der Waals surface area contributed by atoms with E-state index >= 15 is 0 Å². The quantitative estimate of drug-likeness (QED) is 0.561. The highest BCUT2D eigenvalue weighted by atomic mass is 19.0. The topological polar surface area (TPSA) is 43.1 Å². The fourth-order valence-electron chi connectivity index (χ4n) is 1.61. The summed E-state index contributed by atoms with van der Waals surface area (Å²) in [6.07, 6.45) is 12.1. The summed E-state index contributed by atoms with van der Waals surface area (Å²) >= 11 is 0. The highest BCUT2D eigenvalue weighted by molar-refractivity contribution is 5.73. The van der Waals surface area contributed by atoms with Gasteiger partial charge in [-0.2, -0.15) is 0 Å². The van der Waals surface area contributed by atoms with Gasteiger partial charge in [-0.3, -0.25) is 9.50 Å².